The Labute approximate surface area is 198 Å². The molecule has 0 aliphatic carbocycles. The molecule has 2 bridgehead atoms. The molecule has 3 fully saturated rings. The van der Waals surface area contributed by atoms with E-state index >= 15 is 0 Å². The number of fused-ring (bicyclic) bond motifs is 2. The van der Waals surface area contributed by atoms with E-state index in [1.807, 2.05) is 30.3 Å². The van der Waals surface area contributed by atoms with Gasteiger partial charge >= 0.3 is 12.1 Å². The Bertz CT molecular complexity index is 943. The smallest absolute Gasteiger partial charge is 0.410 e. The molecule has 4 rings (SSSR count). The van der Waals surface area contributed by atoms with Gasteiger partial charge in [-0.3, -0.25) is 25.3 Å². The summed E-state index contributed by atoms with van der Waals surface area (Å²) in [5, 5.41) is 1.36. The molecule has 34 heavy (non-hydrogen) atoms. The molecule has 0 radical (unpaired) electrons. The first-order valence-corrected chi connectivity index (χ1v) is 11.5. The van der Waals surface area contributed by atoms with Crippen LogP contribution >= 0.6 is 0 Å². The lowest BCUT2D eigenvalue weighted by Gasteiger charge is -2.38. The van der Waals surface area contributed by atoms with Crippen molar-refractivity contribution in [2.24, 2.45) is 5.92 Å². The number of hydrogen-bond donors (Lipinski definition) is 2. The normalized spacial score (nSPS) is 22.3. The number of piperidine rings is 1. The quantitative estimate of drug-likeness (QED) is 0.624. The lowest BCUT2D eigenvalue weighted by Crippen LogP contribution is -2.60. The first-order valence-electron chi connectivity index (χ1n) is 11.5. The first-order chi connectivity index (χ1) is 16.1. The number of urea groups is 1. The highest BCUT2D eigenvalue weighted by atomic mass is 16.7. The van der Waals surface area contributed by atoms with E-state index in [0.29, 0.717) is 19.4 Å². The first kappa shape index (κ1) is 23.8. The highest BCUT2D eigenvalue weighted by molar-refractivity contribution is 5.90. The van der Waals surface area contributed by atoms with Crippen molar-refractivity contribution in [1.82, 2.24) is 25.7 Å². The number of hydroxylamine groups is 2. The fourth-order valence-electron chi connectivity index (χ4n) is 4.22. The molecule has 1 unspecified atom stereocenters. The maximum atomic E-state index is 12.8. The molecule has 2 N–H and O–H groups in total. The van der Waals surface area contributed by atoms with Gasteiger partial charge in [-0.1, -0.05) is 30.3 Å². The van der Waals surface area contributed by atoms with Gasteiger partial charge < -0.3 is 14.5 Å². The molecule has 11 nitrogen and oxygen atoms in total. The number of carbonyl (C=O) groups is 4. The number of nitrogens with one attached hydrogen (secondary N) is 2. The number of amides is 5. The summed E-state index contributed by atoms with van der Waals surface area (Å²) in [6, 6.07) is 8.41. The number of hydrazine groups is 1. The van der Waals surface area contributed by atoms with E-state index in [-0.39, 0.29) is 37.7 Å². The molecule has 1 aromatic carbocycles. The average molecular weight is 474 g/mol. The van der Waals surface area contributed by atoms with Crippen LogP contribution in [-0.4, -0.2) is 76.1 Å². The van der Waals surface area contributed by atoms with Gasteiger partial charge in [0.15, 0.2) is 0 Å². The minimum atomic E-state index is -0.686. The summed E-state index contributed by atoms with van der Waals surface area (Å²) in [7, 11) is 0. The van der Waals surface area contributed by atoms with Gasteiger partial charge in [0, 0.05) is 19.6 Å². The standard InChI is InChI=1S/C23H31N5O6/c1-23(2,3)34-22(32)26-11-16(12-26)19(29)24-25-20(30)18-10-9-17-13-27(18)21(31)28(17)33-14-15-7-5-4-6-8-15/h4-8,16-18H,9-14H2,1-3H3,(H,24,29)(H,25,30)/t17?,18-/m0/s1. The van der Waals surface area contributed by atoms with E-state index in [0.717, 1.165) is 5.56 Å². The van der Waals surface area contributed by atoms with Crippen molar-refractivity contribution in [3.8, 4) is 0 Å². The molecule has 5 amide bonds. The van der Waals surface area contributed by atoms with Gasteiger partial charge in [-0.2, -0.15) is 5.06 Å². The molecule has 2 atom stereocenters. The number of carbonyl (C=O) groups excluding carboxylic acids is 4. The summed E-state index contributed by atoms with van der Waals surface area (Å²) >= 11 is 0. The van der Waals surface area contributed by atoms with Crippen LogP contribution in [0.5, 0.6) is 0 Å². The summed E-state index contributed by atoms with van der Waals surface area (Å²) in [4.78, 5) is 58.6. The summed E-state index contributed by atoms with van der Waals surface area (Å²) in [5.41, 5.74) is 5.20. The maximum absolute atomic E-state index is 12.8. The largest absolute Gasteiger partial charge is 0.444 e. The summed E-state index contributed by atoms with van der Waals surface area (Å²) < 4.78 is 5.27. The van der Waals surface area contributed by atoms with Gasteiger partial charge in [-0.15, -0.1) is 0 Å². The number of benzene rings is 1. The second-order valence-corrected chi connectivity index (χ2v) is 9.83. The fraction of sp³-hybridized carbons (Fsp3) is 0.565. The molecule has 1 aromatic rings. The number of hydrogen-bond acceptors (Lipinski definition) is 6. The zero-order valence-electron chi connectivity index (χ0n) is 19.7. The number of likely N-dealkylation sites (tertiary alicyclic amines) is 1. The molecule has 3 aliphatic rings. The highest BCUT2D eigenvalue weighted by Gasteiger charge is 2.48. The predicted octanol–water partition coefficient (Wildman–Crippen LogP) is 1.40. The van der Waals surface area contributed by atoms with E-state index in [2.05, 4.69) is 10.9 Å². The fourth-order valence-corrected chi connectivity index (χ4v) is 4.22. The van der Waals surface area contributed by atoms with Gasteiger partial charge in [0.25, 0.3) is 5.91 Å². The van der Waals surface area contributed by atoms with Crippen LogP contribution in [0.3, 0.4) is 0 Å². The predicted molar refractivity (Wildman–Crippen MR) is 120 cm³/mol. The van der Waals surface area contributed by atoms with Crippen LogP contribution in [0.15, 0.2) is 30.3 Å². The molecular formula is C23H31N5O6. The van der Waals surface area contributed by atoms with E-state index in [1.54, 1.807) is 20.8 Å². The third kappa shape index (κ3) is 5.24. The van der Waals surface area contributed by atoms with Crippen molar-refractivity contribution in [1.29, 1.82) is 0 Å². The van der Waals surface area contributed by atoms with Gasteiger partial charge in [-0.25, -0.2) is 9.59 Å². The number of ether oxygens (including phenoxy) is 1. The minimum Gasteiger partial charge on any atom is -0.444 e. The van der Waals surface area contributed by atoms with Crippen molar-refractivity contribution < 1.29 is 28.8 Å². The van der Waals surface area contributed by atoms with Crippen LogP contribution in [-0.2, 0) is 25.8 Å². The third-order valence-electron chi connectivity index (χ3n) is 6.05. The molecule has 3 heterocycles. The van der Waals surface area contributed by atoms with Gasteiger partial charge in [0.2, 0.25) is 5.91 Å². The zero-order chi connectivity index (χ0) is 24.5. The number of nitrogens with zero attached hydrogens (tertiary/aromatic N) is 3. The van der Waals surface area contributed by atoms with E-state index < -0.39 is 29.6 Å². The van der Waals surface area contributed by atoms with Crippen molar-refractivity contribution in [3.63, 3.8) is 0 Å². The van der Waals surface area contributed by atoms with Gasteiger partial charge in [-0.05, 0) is 39.2 Å². The van der Waals surface area contributed by atoms with E-state index in [4.69, 9.17) is 9.57 Å². The molecule has 184 valence electrons. The molecule has 3 saturated heterocycles. The van der Waals surface area contributed by atoms with Crippen LogP contribution in [0, 0.1) is 5.92 Å². The van der Waals surface area contributed by atoms with Gasteiger partial charge in [0.1, 0.15) is 18.2 Å². The van der Waals surface area contributed by atoms with Crippen LogP contribution in [0.4, 0.5) is 9.59 Å². The minimum absolute atomic E-state index is 0.108. The van der Waals surface area contributed by atoms with Crippen molar-refractivity contribution in [3.05, 3.63) is 35.9 Å². The van der Waals surface area contributed by atoms with Gasteiger partial charge in [0.05, 0.1) is 12.0 Å². The lowest BCUT2D eigenvalue weighted by molar-refractivity contribution is -0.140. The Morgan fingerprint density at radius 1 is 1.00 bits per heavy atom. The summed E-state index contributed by atoms with van der Waals surface area (Å²) in [6.45, 7) is 6.44. The third-order valence-corrected chi connectivity index (χ3v) is 6.05. The summed E-state index contributed by atoms with van der Waals surface area (Å²) in [6.07, 6.45) is 0.624. The van der Waals surface area contributed by atoms with Crippen molar-refractivity contribution in [2.75, 3.05) is 19.6 Å². The molecule has 0 saturated carbocycles. The molecule has 0 spiro atoms. The Hall–Kier alpha value is -3.34. The molecule has 0 aromatic heterocycles. The van der Waals surface area contributed by atoms with Crippen LogP contribution in [0.25, 0.3) is 0 Å². The average Bonchev–Trinajstić information content (AvgIpc) is 2.98. The van der Waals surface area contributed by atoms with Crippen LogP contribution in [0.2, 0.25) is 0 Å². The monoisotopic (exact) mass is 473 g/mol. The van der Waals surface area contributed by atoms with Crippen molar-refractivity contribution in [2.45, 2.75) is 57.9 Å². The Morgan fingerprint density at radius 2 is 1.68 bits per heavy atom. The second-order valence-electron chi connectivity index (χ2n) is 9.83. The topological polar surface area (TPSA) is 121 Å². The Balaban J connectivity index is 1.22. The van der Waals surface area contributed by atoms with Crippen LogP contribution in [0.1, 0.15) is 39.2 Å². The van der Waals surface area contributed by atoms with Crippen LogP contribution < -0.4 is 10.9 Å². The molecule has 11 heteroatoms. The highest BCUT2D eigenvalue weighted by Crippen LogP contribution is 2.30. The zero-order valence-corrected chi connectivity index (χ0v) is 19.7. The summed E-state index contributed by atoms with van der Waals surface area (Å²) in [5.74, 6) is -1.27. The number of rotatable bonds is 5. The molecule has 3 aliphatic heterocycles. The maximum Gasteiger partial charge on any atom is 0.410 e. The second kappa shape index (κ2) is 9.49. The Kier molecular flexibility index (Phi) is 6.65. The SMILES string of the molecule is CC(C)(C)OC(=O)N1CC(C(=O)NNC(=O)[C@@H]2CCC3CN2C(=O)N3OCc2ccccc2)C1. The lowest BCUT2D eigenvalue weighted by atomic mass is 10.00. The Morgan fingerprint density at radius 3 is 2.35 bits per heavy atom. The van der Waals surface area contributed by atoms with E-state index in [9.17, 15) is 19.2 Å². The van der Waals surface area contributed by atoms with E-state index in [1.165, 1.54) is 14.9 Å². The van der Waals surface area contributed by atoms with Crippen molar-refractivity contribution >= 4 is 23.9 Å². The molecular weight excluding hydrogens is 442 g/mol.